The molecule has 4 nitrogen and oxygen atoms in total. The van der Waals surface area contributed by atoms with Crippen LogP contribution >= 0.6 is 0 Å². The van der Waals surface area contributed by atoms with E-state index in [-0.39, 0.29) is 12.1 Å². The molecule has 144 valence electrons. The van der Waals surface area contributed by atoms with Crippen LogP contribution in [-0.4, -0.2) is 36.5 Å². The molecule has 0 bridgehead atoms. The predicted octanol–water partition coefficient (Wildman–Crippen LogP) is 4.40. The highest BCUT2D eigenvalue weighted by Gasteiger charge is 2.38. The molecule has 27 heavy (non-hydrogen) atoms. The third kappa shape index (κ3) is 5.19. The first-order valence-corrected chi connectivity index (χ1v) is 9.36. The third-order valence-electron chi connectivity index (χ3n) is 4.85. The Morgan fingerprint density at radius 2 is 1.74 bits per heavy atom. The molecule has 2 aromatic rings. The van der Waals surface area contributed by atoms with E-state index in [1.54, 1.807) is 7.11 Å². The highest BCUT2D eigenvalue weighted by Crippen LogP contribution is 2.28. The van der Waals surface area contributed by atoms with E-state index in [1.165, 1.54) is 11.1 Å². The molecule has 1 fully saturated rings. The normalized spacial score (nSPS) is 19.8. The smallest absolute Gasteiger partial charge is 0.163 e. The highest BCUT2D eigenvalue weighted by molar-refractivity contribution is 5.27. The number of nitrogens with zero attached hydrogens (tertiary/aromatic N) is 1. The topological polar surface area (TPSA) is 30.9 Å². The van der Waals surface area contributed by atoms with Crippen LogP contribution in [0.1, 0.15) is 25.0 Å². The van der Waals surface area contributed by atoms with Gasteiger partial charge in [-0.25, -0.2) is 0 Å². The van der Waals surface area contributed by atoms with Crippen LogP contribution in [0.15, 0.2) is 67.3 Å². The maximum atomic E-state index is 6.14. The molecule has 2 aromatic carbocycles. The average Bonchev–Trinajstić information content (AvgIpc) is 3.03. The molecule has 0 aliphatic carbocycles. The molecule has 1 saturated heterocycles. The monoisotopic (exact) mass is 367 g/mol. The zero-order valence-electron chi connectivity index (χ0n) is 16.4. The number of methoxy groups -OCH3 is 1. The van der Waals surface area contributed by atoms with Gasteiger partial charge in [-0.05, 0) is 37.1 Å². The van der Waals surface area contributed by atoms with Gasteiger partial charge in [0.2, 0.25) is 0 Å². The van der Waals surface area contributed by atoms with Crippen LogP contribution in [0.3, 0.4) is 0 Å². The van der Waals surface area contributed by atoms with E-state index in [1.807, 2.05) is 38.1 Å². The minimum atomic E-state index is -0.551. The van der Waals surface area contributed by atoms with Gasteiger partial charge in [-0.2, -0.15) is 0 Å². The highest BCUT2D eigenvalue weighted by atomic mass is 16.7. The molecule has 0 aromatic heterocycles. The Kier molecular flexibility index (Phi) is 6.32. The van der Waals surface area contributed by atoms with Gasteiger partial charge >= 0.3 is 0 Å². The lowest BCUT2D eigenvalue weighted by Crippen LogP contribution is -2.43. The van der Waals surface area contributed by atoms with Crippen LogP contribution in [0.25, 0.3) is 0 Å². The molecule has 1 heterocycles. The minimum absolute atomic E-state index is 0.0422. The Labute approximate surface area is 162 Å². The van der Waals surface area contributed by atoms with Crippen molar-refractivity contribution in [1.29, 1.82) is 0 Å². The molecule has 1 aliphatic rings. The van der Waals surface area contributed by atoms with Crippen molar-refractivity contribution in [2.75, 3.05) is 13.7 Å². The SMILES string of the molecule is C=C[C@@H]([C@H]1COC(C)(C)O1)N(Cc1ccccc1)Cc1ccc(OC)cc1. The molecular formula is C23H29NO3. The van der Waals surface area contributed by atoms with Crippen molar-refractivity contribution in [3.05, 3.63) is 78.4 Å². The Bertz CT molecular complexity index is 727. The van der Waals surface area contributed by atoms with E-state index in [4.69, 9.17) is 14.2 Å². The Hall–Kier alpha value is -2.14. The van der Waals surface area contributed by atoms with Crippen LogP contribution in [0.2, 0.25) is 0 Å². The van der Waals surface area contributed by atoms with Crippen molar-refractivity contribution < 1.29 is 14.2 Å². The van der Waals surface area contributed by atoms with Crippen LogP contribution in [-0.2, 0) is 22.6 Å². The van der Waals surface area contributed by atoms with E-state index in [2.05, 4.69) is 47.9 Å². The molecule has 1 aliphatic heterocycles. The van der Waals surface area contributed by atoms with Gasteiger partial charge < -0.3 is 14.2 Å². The molecule has 0 amide bonds. The van der Waals surface area contributed by atoms with Gasteiger partial charge in [-0.3, -0.25) is 4.90 Å². The summed E-state index contributed by atoms with van der Waals surface area (Å²) in [5.41, 5.74) is 2.48. The van der Waals surface area contributed by atoms with Crippen LogP contribution in [0, 0.1) is 0 Å². The molecule has 0 N–H and O–H groups in total. The second-order valence-corrected chi connectivity index (χ2v) is 7.33. The molecule has 0 spiro atoms. The zero-order chi connectivity index (χ0) is 19.3. The van der Waals surface area contributed by atoms with Gasteiger partial charge in [-0.1, -0.05) is 48.5 Å². The van der Waals surface area contributed by atoms with Crippen molar-refractivity contribution in [1.82, 2.24) is 4.90 Å². The summed E-state index contributed by atoms with van der Waals surface area (Å²) in [4.78, 5) is 2.39. The summed E-state index contributed by atoms with van der Waals surface area (Å²) in [6, 6.07) is 18.7. The molecular weight excluding hydrogens is 338 g/mol. The van der Waals surface area contributed by atoms with Crippen molar-refractivity contribution in [2.45, 2.75) is 44.9 Å². The van der Waals surface area contributed by atoms with E-state index >= 15 is 0 Å². The first-order chi connectivity index (χ1) is 13.0. The first-order valence-electron chi connectivity index (χ1n) is 9.36. The molecule has 0 unspecified atom stereocenters. The molecule has 0 radical (unpaired) electrons. The lowest BCUT2D eigenvalue weighted by molar-refractivity contribution is -0.144. The lowest BCUT2D eigenvalue weighted by atomic mass is 10.1. The Balaban J connectivity index is 1.82. The average molecular weight is 367 g/mol. The van der Waals surface area contributed by atoms with E-state index in [0.717, 1.165) is 18.8 Å². The standard InChI is InChI=1S/C23H29NO3/c1-5-21(22-17-26-23(2,3)27-22)24(15-18-9-7-6-8-10-18)16-19-11-13-20(25-4)14-12-19/h5-14,21-22H,1,15-17H2,2-4H3/t21-,22+/m0/s1. The molecule has 3 rings (SSSR count). The van der Waals surface area contributed by atoms with Crippen molar-refractivity contribution in [2.24, 2.45) is 0 Å². The Morgan fingerprint density at radius 1 is 1.11 bits per heavy atom. The van der Waals surface area contributed by atoms with Crippen LogP contribution < -0.4 is 4.74 Å². The summed E-state index contributed by atoms with van der Waals surface area (Å²) in [6.07, 6.45) is 1.93. The first kappa shape index (κ1) is 19.6. The van der Waals surface area contributed by atoms with Crippen LogP contribution in [0.4, 0.5) is 0 Å². The third-order valence-corrected chi connectivity index (χ3v) is 4.85. The number of ether oxygens (including phenoxy) is 3. The second-order valence-electron chi connectivity index (χ2n) is 7.33. The van der Waals surface area contributed by atoms with E-state index in [9.17, 15) is 0 Å². The lowest BCUT2D eigenvalue weighted by Gasteiger charge is -2.33. The fraction of sp³-hybridized carbons (Fsp3) is 0.391. The van der Waals surface area contributed by atoms with Gasteiger partial charge in [0.05, 0.1) is 19.8 Å². The molecule has 4 heteroatoms. The fourth-order valence-corrected chi connectivity index (χ4v) is 3.47. The summed E-state index contributed by atoms with van der Waals surface area (Å²) in [5.74, 6) is 0.313. The number of rotatable bonds is 8. The molecule has 2 atom stereocenters. The predicted molar refractivity (Wildman–Crippen MR) is 108 cm³/mol. The Morgan fingerprint density at radius 3 is 2.26 bits per heavy atom. The maximum absolute atomic E-state index is 6.14. The van der Waals surface area contributed by atoms with Gasteiger partial charge in [-0.15, -0.1) is 6.58 Å². The van der Waals surface area contributed by atoms with E-state index in [0.29, 0.717) is 6.61 Å². The van der Waals surface area contributed by atoms with Crippen molar-refractivity contribution >= 4 is 0 Å². The second kappa shape index (κ2) is 8.70. The van der Waals surface area contributed by atoms with Gasteiger partial charge in [0.25, 0.3) is 0 Å². The van der Waals surface area contributed by atoms with Gasteiger partial charge in [0.1, 0.15) is 11.9 Å². The largest absolute Gasteiger partial charge is 0.497 e. The van der Waals surface area contributed by atoms with Crippen molar-refractivity contribution in [3.8, 4) is 5.75 Å². The zero-order valence-corrected chi connectivity index (χ0v) is 16.4. The summed E-state index contributed by atoms with van der Waals surface area (Å²) < 4.78 is 17.2. The number of benzene rings is 2. The van der Waals surface area contributed by atoms with Gasteiger partial charge in [0, 0.05) is 13.1 Å². The van der Waals surface area contributed by atoms with Crippen molar-refractivity contribution in [3.63, 3.8) is 0 Å². The summed E-state index contributed by atoms with van der Waals surface area (Å²) in [7, 11) is 1.68. The molecule has 0 saturated carbocycles. The summed E-state index contributed by atoms with van der Waals surface area (Å²) in [6.45, 7) is 10.2. The van der Waals surface area contributed by atoms with E-state index < -0.39 is 5.79 Å². The summed E-state index contributed by atoms with van der Waals surface area (Å²) in [5, 5.41) is 0. The van der Waals surface area contributed by atoms with Crippen LogP contribution in [0.5, 0.6) is 5.75 Å². The minimum Gasteiger partial charge on any atom is -0.497 e. The quantitative estimate of drug-likeness (QED) is 0.647. The number of hydrogen-bond acceptors (Lipinski definition) is 4. The summed E-state index contributed by atoms with van der Waals surface area (Å²) >= 11 is 0. The fourth-order valence-electron chi connectivity index (χ4n) is 3.47. The maximum Gasteiger partial charge on any atom is 0.163 e. The number of hydrogen-bond donors (Lipinski definition) is 0. The van der Waals surface area contributed by atoms with Gasteiger partial charge in [0.15, 0.2) is 5.79 Å².